The lowest BCUT2D eigenvalue weighted by atomic mass is 9.94. The minimum Gasteiger partial charge on any atom is -0.507 e. The Bertz CT molecular complexity index is 1270. The third kappa shape index (κ3) is 5.11. The number of unbranched alkanes of at least 4 members (excludes halogenated alkanes) is 2. The molecule has 4 rings (SSSR count). The molecule has 0 aromatic heterocycles. The Balaban J connectivity index is 1.76. The topological polar surface area (TPSA) is 66.8 Å². The number of nitrogens with zero attached hydrogens (tertiary/aromatic N) is 1. The van der Waals surface area contributed by atoms with Crippen LogP contribution in [0.25, 0.3) is 5.76 Å². The average molecular weight is 474 g/mol. The fourth-order valence-electron chi connectivity index (χ4n) is 4.29. The molecule has 5 nitrogen and oxygen atoms in total. The molecular weight excluding hydrogens is 445 g/mol. The third-order valence-corrected chi connectivity index (χ3v) is 6.03. The van der Waals surface area contributed by atoms with E-state index in [1.54, 1.807) is 36.4 Å². The lowest BCUT2D eigenvalue weighted by Crippen LogP contribution is -2.29. The van der Waals surface area contributed by atoms with Gasteiger partial charge in [0, 0.05) is 11.3 Å². The van der Waals surface area contributed by atoms with Gasteiger partial charge >= 0.3 is 0 Å². The highest BCUT2D eigenvalue weighted by Crippen LogP contribution is 2.42. The number of ketones is 1. The molecule has 0 saturated carbocycles. The Labute approximate surface area is 204 Å². The monoisotopic (exact) mass is 473 g/mol. The molecule has 6 heteroatoms. The molecule has 1 saturated heterocycles. The molecule has 0 aliphatic carbocycles. The average Bonchev–Trinajstić information content (AvgIpc) is 3.12. The molecule has 0 spiro atoms. The summed E-state index contributed by atoms with van der Waals surface area (Å²) in [5.41, 5.74) is 2.17. The molecule has 180 valence electrons. The quantitative estimate of drug-likeness (QED) is 0.180. The van der Waals surface area contributed by atoms with Gasteiger partial charge in [0.25, 0.3) is 11.7 Å². The normalized spacial score (nSPS) is 17.1. The Hall–Kier alpha value is -3.93. The van der Waals surface area contributed by atoms with Crippen molar-refractivity contribution in [3.63, 3.8) is 0 Å². The summed E-state index contributed by atoms with van der Waals surface area (Å²) in [5.74, 6) is -1.79. The predicted molar refractivity (Wildman–Crippen MR) is 134 cm³/mol. The van der Waals surface area contributed by atoms with Crippen molar-refractivity contribution < 1.29 is 23.8 Å². The summed E-state index contributed by atoms with van der Waals surface area (Å²) in [7, 11) is 0. The van der Waals surface area contributed by atoms with Crippen LogP contribution in [0.4, 0.5) is 10.1 Å². The molecule has 1 unspecified atom stereocenters. The molecule has 0 bridgehead atoms. The molecular formula is C29H28FNO4. The second-order valence-electron chi connectivity index (χ2n) is 8.64. The zero-order chi connectivity index (χ0) is 24.9. The summed E-state index contributed by atoms with van der Waals surface area (Å²) < 4.78 is 19.8. The van der Waals surface area contributed by atoms with E-state index in [2.05, 4.69) is 6.92 Å². The van der Waals surface area contributed by atoms with E-state index in [1.807, 2.05) is 25.1 Å². The SMILES string of the molecule is CCCCCOc1ccc(/C(O)=C2\C(=O)C(=O)N(c3cccc(F)c3)C2c2cccc(C)c2)cc1. The number of benzene rings is 3. The number of aliphatic hydroxyl groups excluding tert-OH is 1. The molecule has 1 heterocycles. The summed E-state index contributed by atoms with van der Waals surface area (Å²) in [4.78, 5) is 27.6. The lowest BCUT2D eigenvalue weighted by molar-refractivity contribution is -0.132. The van der Waals surface area contributed by atoms with Crippen LogP contribution in [0.3, 0.4) is 0 Å². The van der Waals surface area contributed by atoms with Crippen LogP contribution in [-0.2, 0) is 9.59 Å². The molecule has 1 amide bonds. The molecule has 1 N–H and O–H groups in total. The Morgan fingerprint density at radius 1 is 1.00 bits per heavy atom. The van der Waals surface area contributed by atoms with E-state index >= 15 is 0 Å². The maximum Gasteiger partial charge on any atom is 0.300 e. The molecule has 35 heavy (non-hydrogen) atoms. The number of rotatable bonds is 8. The number of hydrogen-bond acceptors (Lipinski definition) is 4. The van der Waals surface area contributed by atoms with E-state index < -0.39 is 23.5 Å². The van der Waals surface area contributed by atoms with Crippen LogP contribution in [-0.4, -0.2) is 23.4 Å². The largest absolute Gasteiger partial charge is 0.507 e. The maximum absolute atomic E-state index is 14.0. The van der Waals surface area contributed by atoms with Gasteiger partial charge in [-0.25, -0.2) is 4.39 Å². The summed E-state index contributed by atoms with van der Waals surface area (Å²) in [6, 6.07) is 18.8. The van der Waals surface area contributed by atoms with E-state index in [-0.39, 0.29) is 17.0 Å². The second-order valence-corrected chi connectivity index (χ2v) is 8.64. The molecule has 1 aliphatic rings. The minimum absolute atomic E-state index is 0.0403. The number of amides is 1. The van der Waals surface area contributed by atoms with Crippen molar-refractivity contribution in [1.82, 2.24) is 0 Å². The van der Waals surface area contributed by atoms with Gasteiger partial charge in [-0.1, -0.05) is 55.7 Å². The van der Waals surface area contributed by atoms with Crippen LogP contribution in [0.5, 0.6) is 5.75 Å². The van der Waals surface area contributed by atoms with Crippen LogP contribution in [0.1, 0.15) is 48.9 Å². The lowest BCUT2D eigenvalue weighted by Gasteiger charge is -2.25. The van der Waals surface area contributed by atoms with Crippen molar-refractivity contribution in [3.8, 4) is 5.75 Å². The van der Waals surface area contributed by atoms with Gasteiger partial charge in [-0.15, -0.1) is 0 Å². The highest BCUT2D eigenvalue weighted by atomic mass is 19.1. The van der Waals surface area contributed by atoms with Crippen molar-refractivity contribution in [2.45, 2.75) is 39.2 Å². The molecule has 0 radical (unpaired) electrons. The zero-order valence-corrected chi connectivity index (χ0v) is 19.8. The molecule has 3 aromatic carbocycles. The van der Waals surface area contributed by atoms with E-state index in [4.69, 9.17) is 4.74 Å². The van der Waals surface area contributed by atoms with Crippen molar-refractivity contribution >= 4 is 23.1 Å². The van der Waals surface area contributed by atoms with E-state index in [9.17, 15) is 19.1 Å². The first-order valence-electron chi connectivity index (χ1n) is 11.8. The van der Waals surface area contributed by atoms with Gasteiger partial charge in [0.15, 0.2) is 0 Å². The van der Waals surface area contributed by atoms with Crippen molar-refractivity contribution in [2.75, 3.05) is 11.5 Å². The van der Waals surface area contributed by atoms with Gasteiger partial charge in [-0.05, 0) is 61.4 Å². The summed E-state index contributed by atoms with van der Waals surface area (Å²) in [6.45, 7) is 4.63. The summed E-state index contributed by atoms with van der Waals surface area (Å²) in [5, 5.41) is 11.2. The fraction of sp³-hybridized carbons (Fsp3) is 0.241. The Morgan fingerprint density at radius 3 is 2.43 bits per heavy atom. The number of Topliss-reactive ketones (excluding diaryl/α,β-unsaturated/α-hetero) is 1. The van der Waals surface area contributed by atoms with E-state index in [0.717, 1.165) is 24.8 Å². The van der Waals surface area contributed by atoms with Gasteiger partial charge in [-0.3, -0.25) is 14.5 Å². The number of ether oxygens (including phenoxy) is 1. The van der Waals surface area contributed by atoms with Crippen molar-refractivity contribution in [1.29, 1.82) is 0 Å². The number of halogens is 1. The highest BCUT2D eigenvalue weighted by Gasteiger charge is 2.47. The number of anilines is 1. The van der Waals surface area contributed by atoms with Gasteiger partial charge in [0.05, 0.1) is 18.2 Å². The zero-order valence-electron chi connectivity index (χ0n) is 19.8. The van der Waals surface area contributed by atoms with E-state index in [0.29, 0.717) is 23.5 Å². The summed E-state index contributed by atoms with van der Waals surface area (Å²) in [6.07, 6.45) is 3.15. The van der Waals surface area contributed by atoms with Gasteiger partial charge < -0.3 is 9.84 Å². The van der Waals surface area contributed by atoms with Gasteiger partial charge in [0.1, 0.15) is 17.3 Å². The van der Waals surface area contributed by atoms with Crippen LogP contribution in [0.2, 0.25) is 0 Å². The maximum atomic E-state index is 14.0. The molecule has 1 aliphatic heterocycles. The number of carbonyl (C=O) groups is 2. The Kier molecular flexibility index (Phi) is 7.30. The van der Waals surface area contributed by atoms with Crippen LogP contribution >= 0.6 is 0 Å². The highest BCUT2D eigenvalue weighted by molar-refractivity contribution is 6.51. The first kappa shape index (κ1) is 24.2. The number of carbonyl (C=O) groups excluding carboxylic acids is 2. The van der Waals surface area contributed by atoms with Crippen LogP contribution in [0.15, 0.2) is 78.4 Å². The molecule has 1 fully saturated rings. The van der Waals surface area contributed by atoms with Crippen LogP contribution in [0, 0.1) is 12.7 Å². The van der Waals surface area contributed by atoms with E-state index in [1.165, 1.54) is 23.1 Å². The first-order valence-corrected chi connectivity index (χ1v) is 11.8. The van der Waals surface area contributed by atoms with Crippen molar-refractivity contribution in [2.24, 2.45) is 0 Å². The van der Waals surface area contributed by atoms with Gasteiger partial charge in [0.2, 0.25) is 0 Å². The number of aryl methyl sites for hydroxylation is 1. The molecule has 1 atom stereocenters. The minimum atomic E-state index is -0.901. The standard InChI is InChI=1S/C29H28FNO4/c1-3-4-5-16-35-24-14-12-20(13-15-24)27(32)25-26(21-9-6-8-19(2)17-21)31(29(34)28(25)33)23-11-7-10-22(30)18-23/h6-15,17-18,26,32H,3-5,16H2,1-2H3/b27-25+. The molecule has 3 aromatic rings. The predicted octanol–water partition coefficient (Wildman–Crippen LogP) is 6.33. The number of aliphatic hydroxyl groups is 1. The van der Waals surface area contributed by atoms with Crippen LogP contribution < -0.4 is 9.64 Å². The third-order valence-electron chi connectivity index (χ3n) is 6.03. The Morgan fingerprint density at radius 2 is 1.74 bits per heavy atom. The summed E-state index contributed by atoms with van der Waals surface area (Å²) >= 11 is 0. The number of hydrogen-bond donors (Lipinski definition) is 1. The van der Waals surface area contributed by atoms with Gasteiger partial charge in [-0.2, -0.15) is 0 Å². The first-order chi connectivity index (χ1) is 16.9. The second kappa shape index (κ2) is 10.6. The smallest absolute Gasteiger partial charge is 0.300 e. The fourth-order valence-corrected chi connectivity index (χ4v) is 4.29. The van der Waals surface area contributed by atoms with Crippen molar-refractivity contribution in [3.05, 3.63) is 101 Å².